The van der Waals surface area contributed by atoms with Crippen molar-refractivity contribution in [2.75, 3.05) is 18.8 Å². The zero-order chi connectivity index (χ0) is 11.1. The summed E-state index contributed by atoms with van der Waals surface area (Å²) in [5.41, 5.74) is 0. The summed E-state index contributed by atoms with van der Waals surface area (Å²) in [5.74, 6) is 1.01. The summed E-state index contributed by atoms with van der Waals surface area (Å²) in [4.78, 5) is 1.14. The van der Waals surface area contributed by atoms with Gasteiger partial charge in [-0.25, -0.2) is 0 Å². The van der Waals surface area contributed by atoms with Crippen LogP contribution >= 0.6 is 35.0 Å². The lowest BCUT2D eigenvalue weighted by Gasteiger charge is -2.03. The number of halogens is 2. The van der Waals surface area contributed by atoms with Gasteiger partial charge in [0, 0.05) is 23.7 Å². The lowest BCUT2D eigenvalue weighted by Crippen LogP contribution is -2.16. The zero-order valence-electron chi connectivity index (χ0n) is 8.30. The van der Waals surface area contributed by atoms with E-state index in [0.717, 1.165) is 23.7 Å². The second kappa shape index (κ2) is 7.18. The Kier molecular flexibility index (Phi) is 6.18. The predicted molar refractivity (Wildman–Crippen MR) is 70.3 cm³/mol. The van der Waals surface area contributed by atoms with Crippen LogP contribution in [0.25, 0.3) is 0 Å². The van der Waals surface area contributed by atoms with E-state index in [-0.39, 0.29) is 0 Å². The van der Waals surface area contributed by atoms with Gasteiger partial charge in [-0.1, -0.05) is 29.3 Å². The van der Waals surface area contributed by atoms with Crippen LogP contribution in [0.4, 0.5) is 0 Å². The van der Waals surface area contributed by atoms with E-state index in [4.69, 9.17) is 23.2 Å². The average Bonchev–Trinajstić information content (AvgIpc) is 2.23. The highest BCUT2D eigenvalue weighted by Crippen LogP contribution is 2.27. The fourth-order valence-electron chi connectivity index (χ4n) is 1.01. The molecule has 0 saturated heterocycles. The first-order valence-electron chi connectivity index (χ1n) is 4.63. The van der Waals surface area contributed by atoms with E-state index in [1.165, 1.54) is 0 Å². The third-order valence-corrected chi connectivity index (χ3v) is 3.46. The van der Waals surface area contributed by atoms with Gasteiger partial charge in [-0.3, -0.25) is 0 Å². The largest absolute Gasteiger partial charge is 0.312 e. The van der Waals surface area contributed by atoms with Crippen LogP contribution in [-0.2, 0) is 0 Å². The van der Waals surface area contributed by atoms with Crippen molar-refractivity contribution in [1.29, 1.82) is 0 Å². The molecule has 1 nitrogen and oxygen atoms in total. The first-order valence-corrected chi connectivity index (χ1v) is 6.37. The summed E-state index contributed by atoms with van der Waals surface area (Å²) >= 11 is 13.5. The molecule has 0 spiro atoms. The lowest BCUT2D eigenvalue weighted by molar-refractivity contribution is 0.807. The van der Waals surface area contributed by atoms with Crippen LogP contribution in [0.5, 0.6) is 0 Å². The van der Waals surface area contributed by atoms with Gasteiger partial charge in [-0.15, -0.1) is 18.3 Å². The monoisotopic (exact) mass is 261 g/mol. The fraction of sp³-hybridized carbons (Fsp3) is 0.273. The Morgan fingerprint density at radius 2 is 2.13 bits per heavy atom. The fourth-order valence-corrected chi connectivity index (χ4v) is 2.22. The molecule has 1 rings (SSSR count). The number of nitrogens with one attached hydrogen (secondary N) is 1. The number of thioether (sulfide) groups is 1. The van der Waals surface area contributed by atoms with E-state index in [1.54, 1.807) is 11.8 Å². The van der Waals surface area contributed by atoms with Crippen molar-refractivity contribution in [3.63, 3.8) is 0 Å². The molecule has 1 aromatic carbocycles. The minimum Gasteiger partial charge on any atom is -0.312 e. The standard InChI is InChI=1S/C11H13Cl2NS/c1-2-5-14-6-7-15-9-3-4-10(12)11(13)8-9/h2-4,8,14H,1,5-7H2. The van der Waals surface area contributed by atoms with E-state index < -0.39 is 0 Å². The third-order valence-electron chi connectivity index (χ3n) is 1.73. The van der Waals surface area contributed by atoms with Gasteiger partial charge < -0.3 is 5.32 Å². The number of benzene rings is 1. The van der Waals surface area contributed by atoms with E-state index in [0.29, 0.717) is 10.0 Å². The van der Waals surface area contributed by atoms with Crippen LogP contribution in [0.1, 0.15) is 0 Å². The molecular weight excluding hydrogens is 249 g/mol. The SMILES string of the molecule is C=CCNCCSc1ccc(Cl)c(Cl)c1. The van der Waals surface area contributed by atoms with Gasteiger partial charge in [-0.2, -0.15) is 0 Å². The Balaban J connectivity index is 2.31. The average molecular weight is 262 g/mol. The highest BCUT2D eigenvalue weighted by atomic mass is 35.5. The van der Waals surface area contributed by atoms with Crippen molar-refractivity contribution >= 4 is 35.0 Å². The van der Waals surface area contributed by atoms with Crippen LogP contribution in [0, 0.1) is 0 Å². The Bertz CT molecular complexity index is 328. The molecule has 1 N–H and O–H groups in total. The summed E-state index contributed by atoms with van der Waals surface area (Å²) in [6.07, 6.45) is 1.85. The number of hydrogen-bond donors (Lipinski definition) is 1. The highest BCUT2D eigenvalue weighted by Gasteiger charge is 1.99. The summed E-state index contributed by atoms with van der Waals surface area (Å²) in [7, 11) is 0. The molecular formula is C11H13Cl2NS. The Morgan fingerprint density at radius 1 is 1.33 bits per heavy atom. The van der Waals surface area contributed by atoms with Gasteiger partial charge in [0.15, 0.2) is 0 Å². The summed E-state index contributed by atoms with van der Waals surface area (Å²) in [6, 6.07) is 5.69. The van der Waals surface area contributed by atoms with E-state index >= 15 is 0 Å². The van der Waals surface area contributed by atoms with Crippen molar-refractivity contribution in [2.45, 2.75) is 4.90 Å². The summed E-state index contributed by atoms with van der Waals surface area (Å²) in [6.45, 7) is 5.44. The molecule has 15 heavy (non-hydrogen) atoms. The summed E-state index contributed by atoms with van der Waals surface area (Å²) < 4.78 is 0. The van der Waals surface area contributed by atoms with E-state index in [2.05, 4.69) is 11.9 Å². The van der Waals surface area contributed by atoms with Gasteiger partial charge in [-0.05, 0) is 18.2 Å². The van der Waals surface area contributed by atoms with Crippen LogP contribution in [0.2, 0.25) is 10.0 Å². The van der Waals surface area contributed by atoms with Gasteiger partial charge in [0.05, 0.1) is 10.0 Å². The minimum absolute atomic E-state index is 0.603. The maximum Gasteiger partial charge on any atom is 0.0603 e. The van der Waals surface area contributed by atoms with Crippen molar-refractivity contribution in [1.82, 2.24) is 5.32 Å². The predicted octanol–water partition coefficient (Wildman–Crippen LogP) is 3.86. The first kappa shape index (κ1) is 12.9. The first-order chi connectivity index (χ1) is 7.24. The number of hydrogen-bond acceptors (Lipinski definition) is 2. The van der Waals surface area contributed by atoms with Gasteiger partial charge >= 0.3 is 0 Å². The molecule has 0 bridgehead atoms. The Labute approximate surface area is 105 Å². The minimum atomic E-state index is 0.603. The number of rotatable bonds is 6. The van der Waals surface area contributed by atoms with Crippen LogP contribution < -0.4 is 5.32 Å². The molecule has 0 atom stereocenters. The zero-order valence-corrected chi connectivity index (χ0v) is 10.6. The van der Waals surface area contributed by atoms with E-state index in [1.807, 2.05) is 24.3 Å². The van der Waals surface area contributed by atoms with Crippen LogP contribution in [0.3, 0.4) is 0 Å². The van der Waals surface area contributed by atoms with Crippen molar-refractivity contribution in [2.24, 2.45) is 0 Å². The Morgan fingerprint density at radius 3 is 2.80 bits per heavy atom. The second-order valence-corrected chi connectivity index (χ2v) is 4.90. The van der Waals surface area contributed by atoms with E-state index in [9.17, 15) is 0 Å². The quantitative estimate of drug-likeness (QED) is 0.474. The molecule has 0 heterocycles. The lowest BCUT2D eigenvalue weighted by atomic mass is 10.4. The normalized spacial score (nSPS) is 10.3. The molecule has 4 heteroatoms. The van der Waals surface area contributed by atoms with Gasteiger partial charge in [0.2, 0.25) is 0 Å². The van der Waals surface area contributed by atoms with Crippen molar-refractivity contribution in [3.8, 4) is 0 Å². The molecule has 0 aromatic heterocycles. The maximum absolute atomic E-state index is 5.90. The van der Waals surface area contributed by atoms with Gasteiger partial charge in [0.1, 0.15) is 0 Å². The molecule has 0 aliphatic heterocycles. The molecule has 0 saturated carbocycles. The molecule has 0 aliphatic rings. The maximum atomic E-state index is 5.90. The molecule has 0 amide bonds. The smallest absolute Gasteiger partial charge is 0.0603 e. The molecule has 0 unspecified atom stereocenters. The van der Waals surface area contributed by atoms with Crippen LogP contribution in [-0.4, -0.2) is 18.8 Å². The van der Waals surface area contributed by atoms with Crippen molar-refractivity contribution in [3.05, 3.63) is 40.9 Å². The third kappa shape index (κ3) is 4.94. The molecule has 82 valence electrons. The van der Waals surface area contributed by atoms with Crippen LogP contribution in [0.15, 0.2) is 35.7 Å². The second-order valence-electron chi connectivity index (χ2n) is 2.92. The topological polar surface area (TPSA) is 12.0 Å². The Hall–Kier alpha value is -0.150. The highest BCUT2D eigenvalue weighted by molar-refractivity contribution is 7.99. The molecule has 0 fully saturated rings. The molecule has 0 radical (unpaired) electrons. The van der Waals surface area contributed by atoms with Gasteiger partial charge in [0.25, 0.3) is 0 Å². The summed E-state index contributed by atoms with van der Waals surface area (Å²) in [5, 5.41) is 4.45. The van der Waals surface area contributed by atoms with Crippen molar-refractivity contribution < 1.29 is 0 Å². The molecule has 0 aliphatic carbocycles. The molecule has 1 aromatic rings.